The van der Waals surface area contributed by atoms with Crippen LogP contribution in [0.3, 0.4) is 0 Å². The summed E-state index contributed by atoms with van der Waals surface area (Å²) in [7, 11) is 0. The van der Waals surface area contributed by atoms with Crippen LogP contribution in [0.5, 0.6) is 0 Å². The molecule has 3 fully saturated rings. The van der Waals surface area contributed by atoms with Gasteiger partial charge < -0.3 is 5.32 Å². The van der Waals surface area contributed by atoms with E-state index >= 15 is 0 Å². The maximum absolute atomic E-state index is 3.76. The van der Waals surface area contributed by atoms with Crippen molar-refractivity contribution >= 4 is 0 Å². The minimum absolute atomic E-state index is 0.798. The molecule has 2 bridgehead atoms. The van der Waals surface area contributed by atoms with Gasteiger partial charge >= 0.3 is 0 Å². The summed E-state index contributed by atoms with van der Waals surface area (Å²) in [5.74, 6) is 1.97. The van der Waals surface area contributed by atoms with Gasteiger partial charge in [-0.2, -0.15) is 0 Å². The first-order valence-corrected chi connectivity index (χ1v) is 6.43. The van der Waals surface area contributed by atoms with Crippen LogP contribution in [0.15, 0.2) is 0 Å². The van der Waals surface area contributed by atoms with Crippen LogP contribution in [0.4, 0.5) is 0 Å². The van der Waals surface area contributed by atoms with Gasteiger partial charge in [-0.05, 0) is 55.8 Å². The van der Waals surface area contributed by atoms with Crippen molar-refractivity contribution in [1.82, 2.24) is 5.32 Å². The zero-order chi connectivity index (χ0) is 9.76. The molecule has 3 aliphatic rings. The maximum atomic E-state index is 3.76. The van der Waals surface area contributed by atoms with E-state index in [2.05, 4.69) is 19.2 Å². The van der Waals surface area contributed by atoms with Gasteiger partial charge in [0.05, 0.1) is 0 Å². The molecular weight excluding hydrogens is 170 g/mol. The summed E-state index contributed by atoms with van der Waals surface area (Å²) in [6.07, 6.45) is 8.98. The molecule has 14 heavy (non-hydrogen) atoms. The lowest BCUT2D eigenvalue weighted by atomic mass is 9.54. The van der Waals surface area contributed by atoms with Gasteiger partial charge in [0.15, 0.2) is 0 Å². The molecule has 80 valence electrons. The van der Waals surface area contributed by atoms with Crippen LogP contribution in [-0.2, 0) is 0 Å². The second-order valence-electron chi connectivity index (χ2n) is 6.46. The highest BCUT2D eigenvalue weighted by Crippen LogP contribution is 2.57. The zero-order valence-electron chi connectivity index (χ0n) is 9.55. The Balaban J connectivity index is 1.65. The second-order valence-corrected chi connectivity index (χ2v) is 6.46. The highest BCUT2D eigenvalue weighted by atomic mass is 15.0. The molecule has 3 rings (SSSR count). The molecule has 1 saturated carbocycles. The molecular formula is C13H23N. The van der Waals surface area contributed by atoms with Crippen LogP contribution >= 0.6 is 0 Å². The van der Waals surface area contributed by atoms with Crippen LogP contribution in [-0.4, -0.2) is 12.1 Å². The highest BCUT2D eigenvalue weighted by Gasteiger charge is 2.51. The van der Waals surface area contributed by atoms with Crippen molar-refractivity contribution in [3.8, 4) is 0 Å². The number of hydrogen-bond donors (Lipinski definition) is 1. The summed E-state index contributed by atoms with van der Waals surface area (Å²) in [4.78, 5) is 0. The summed E-state index contributed by atoms with van der Waals surface area (Å²) in [5, 5.41) is 3.76. The summed E-state index contributed by atoms with van der Waals surface area (Å²) in [6.45, 7) is 4.79. The van der Waals surface area contributed by atoms with E-state index in [4.69, 9.17) is 0 Å². The molecule has 2 unspecified atom stereocenters. The van der Waals surface area contributed by atoms with Crippen LogP contribution < -0.4 is 5.32 Å². The van der Waals surface area contributed by atoms with Gasteiger partial charge in [-0.3, -0.25) is 0 Å². The zero-order valence-corrected chi connectivity index (χ0v) is 9.55. The summed E-state index contributed by atoms with van der Waals surface area (Å²) in [6, 6.07) is 1.78. The fourth-order valence-electron chi connectivity index (χ4n) is 4.21. The molecule has 1 spiro atoms. The van der Waals surface area contributed by atoms with Gasteiger partial charge in [0.1, 0.15) is 0 Å². The smallest absolute Gasteiger partial charge is 0.00755 e. The third-order valence-electron chi connectivity index (χ3n) is 5.03. The SMILES string of the molecule is CC(C)C1CC2(CC3CCC(C2)N3)C1. The van der Waals surface area contributed by atoms with Gasteiger partial charge in [0.2, 0.25) is 0 Å². The highest BCUT2D eigenvalue weighted by molar-refractivity contribution is 5.05. The van der Waals surface area contributed by atoms with Crippen molar-refractivity contribution in [3.05, 3.63) is 0 Å². The predicted octanol–water partition coefficient (Wildman–Crippen LogP) is 2.95. The van der Waals surface area contributed by atoms with Crippen LogP contribution in [0, 0.1) is 17.3 Å². The molecule has 1 heteroatoms. The number of nitrogens with one attached hydrogen (secondary N) is 1. The fraction of sp³-hybridized carbons (Fsp3) is 1.00. The Kier molecular flexibility index (Phi) is 1.96. The Bertz CT molecular complexity index is 213. The standard InChI is InChI=1S/C13H23N/c1-9(2)10-5-13(6-10)7-11-3-4-12(8-13)14-11/h9-12,14H,3-8H2,1-2H3. The predicted molar refractivity (Wildman–Crippen MR) is 59.2 cm³/mol. The van der Waals surface area contributed by atoms with Gasteiger partial charge in [0.25, 0.3) is 0 Å². The molecule has 0 amide bonds. The monoisotopic (exact) mass is 193 g/mol. The topological polar surface area (TPSA) is 12.0 Å². The summed E-state index contributed by atoms with van der Waals surface area (Å²) < 4.78 is 0. The summed E-state index contributed by atoms with van der Waals surface area (Å²) in [5.41, 5.74) is 0.798. The van der Waals surface area contributed by atoms with Crippen LogP contribution in [0.25, 0.3) is 0 Å². The molecule has 0 aromatic heterocycles. The third kappa shape index (κ3) is 1.32. The Labute approximate surface area is 87.7 Å². The Morgan fingerprint density at radius 2 is 1.57 bits per heavy atom. The lowest BCUT2D eigenvalue weighted by Crippen LogP contribution is -2.51. The van der Waals surface area contributed by atoms with E-state index in [9.17, 15) is 0 Å². The Morgan fingerprint density at radius 1 is 1.00 bits per heavy atom. The van der Waals surface area contributed by atoms with Crippen molar-refractivity contribution in [3.63, 3.8) is 0 Å². The van der Waals surface area contributed by atoms with E-state index in [1.165, 1.54) is 25.7 Å². The third-order valence-corrected chi connectivity index (χ3v) is 5.03. The molecule has 1 N–H and O–H groups in total. The first kappa shape index (κ1) is 9.21. The minimum atomic E-state index is 0.798. The molecule has 0 aromatic rings. The van der Waals surface area contributed by atoms with E-state index in [0.29, 0.717) is 0 Å². The molecule has 2 saturated heterocycles. The Hall–Kier alpha value is -0.0400. The quantitative estimate of drug-likeness (QED) is 0.675. The molecule has 1 aliphatic carbocycles. The first-order valence-electron chi connectivity index (χ1n) is 6.43. The van der Waals surface area contributed by atoms with E-state index in [0.717, 1.165) is 29.3 Å². The first-order chi connectivity index (χ1) is 6.67. The molecule has 2 aliphatic heterocycles. The number of hydrogen-bond acceptors (Lipinski definition) is 1. The largest absolute Gasteiger partial charge is 0.311 e. The molecule has 0 radical (unpaired) electrons. The Morgan fingerprint density at radius 3 is 2.07 bits per heavy atom. The van der Waals surface area contributed by atoms with Gasteiger partial charge in [0, 0.05) is 12.1 Å². The van der Waals surface area contributed by atoms with Gasteiger partial charge in [-0.1, -0.05) is 13.8 Å². The van der Waals surface area contributed by atoms with Gasteiger partial charge in [-0.25, -0.2) is 0 Å². The average Bonchev–Trinajstić information content (AvgIpc) is 2.41. The van der Waals surface area contributed by atoms with Crippen LogP contribution in [0.2, 0.25) is 0 Å². The van der Waals surface area contributed by atoms with E-state index in [1.807, 2.05) is 0 Å². The number of piperidine rings is 1. The number of fused-ring (bicyclic) bond motifs is 2. The lowest BCUT2D eigenvalue weighted by molar-refractivity contribution is -0.0177. The molecule has 2 atom stereocenters. The van der Waals surface area contributed by atoms with E-state index in [-0.39, 0.29) is 0 Å². The lowest BCUT2D eigenvalue weighted by Gasteiger charge is -2.54. The number of rotatable bonds is 1. The summed E-state index contributed by atoms with van der Waals surface area (Å²) >= 11 is 0. The van der Waals surface area contributed by atoms with E-state index in [1.54, 1.807) is 12.8 Å². The molecule has 2 heterocycles. The maximum Gasteiger partial charge on any atom is 0.00755 e. The second kappa shape index (κ2) is 2.98. The van der Waals surface area contributed by atoms with Gasteiger partial charge in [-0.15, -0.1) is 0 Å². The van der Waals surface area contributed by atoms with Crippen molar-refractivity contribution in [2.45, 2.75) is 64.5 Å². The average molecular weight is 193 g/mol. The molecule has 0 aromatic carbocycles. The fourth-order valence-corrected chi connectivity index (χ4v) is 4.21. The van der Waals surface area contributed by atoms with Crippen molar-refractivity contribution in [1.29, 1.82) is 0 Å². The normalized spacial score (nSPS) is 51.2. The molecule has 1 nitrogen and oxygen atoms in total. The van der Waals surface area contributed by atoms with Crippen LogP contribution in [0.1, 0.15) is 52.4 Å². The van der Waals surface area contributed by atoms with Crippen molar-refractivity contribution < 1.29 is 0 Å². The minimum Gasteiger partial charge on any atom is -0.311 e. The van der Waals surface area contributed by atoms with E-state index < -0.39 is 0 Å². The van der Waals surface area contributed by atoms with Crippen molar-refractivity contribution in [2.24, 2.45) is 17.3 Å². The van der Waals surface area contributed by atoms with Crippen molar-refractivity contribution in [2.75, 3.05) is 0 Å².